The molecule has 7 heteroatoms. The van der Waals surface area contributed by atoms with E-state index in [0.29, 0.717) is 26.1 Å². The third kappa shape index (κ3) is 4.41. The van der Waals surface area contributed by atoms with Crippen molar-refractivity contribution in [2.24, 2.45) is 0 Å². The predicted octanol–water partition coefficient (Wildman–Crippen LogP) is 2.92. The number of anilines is 1. The normalized spacial score (nSPS) is 19.5. The molecular weight excluding hydrogens is 412 g/mol. The van der Waals surface area contributed by atoms with Crippen molar-refractivity contribution >= 4 is 29.9 Å². The van der Waals surface area contributed by atoms with Crippen molar-refractivity contribution in [3.63, 3.8) is 0 Å². The van der Waals surface area contributed by atoms with Gasteiger partial charge in [0.15, 0.2) is 0 Å². The first kappa shape index (κ1) is 21.7. The van der Waals surface area contributed by atoms with Crippen LogP contribution in [0.1, 0.15) is 36.0 Å². The van der Waals surface area contributed by atoms with Gasteiger partial charge in [-0.15, -0.1) is 12.4 Å². The minimum atomic E-state index is -0.246. The number of para-hydroxylation sites is 1. The molecule has 1 saturated heterocycles. The van der Waals surface area contributed by atoms with Crippen molar-refractivity contribution in [1.82, 2.24) is 15.1 Å². The fourth-order valence-corrected chi connectivity index (χ4v) is 4.93. The number of halogens is 1. The van der Waals surface area contributed by atoms with Crippen molar-refractivity contribution in [3.05, 3.63) is 65.2 Å². The molecule has 0 unspecified atom stereocenters. The molecule has 31 heavy (non-hydrogen) atoms. The fraction of sp³-hybridized carbons (Fsp3) is 0.417. The summed E-state index contributed by atoms with van der Waals surface area (Å²) in [5.74, 6) is 0.0777. The Morgan fingerprint density at radius 1 is 0.903 bits per heavy atom. The minimum absolute atomic E-state index is 0. The first-order valence-electron chi connectivity index (χ1n) is 10.8. The molecule has 2 aromatic carbocycles. The second-order valence-corrected chi connectivity index (χ2v) is 8.76. The summed E-state index contributed by atoms with van der Waals surface area (Å²) in [4.78, 5) is 30.0. The molecule has 0 saturated carbocycles. The molecule has 2 amide bonds. The van der Waals surface area contributed by atoms with Crippen LogP contribution in [-0.4, -0.2) is 46.8 Å². The summed E-state index contributed by atoms with van der Waals surface area (Å²) >= 11 is 0. The number of carbonyl (C=O) groups excluding carboxylic acids is 2. The van der Waals surface area contributed by atoms with Gasteiger partial charge >= 0.3 is 0 Å². The predicted molar refractivity (Wildman–Crippen MR) is 123 cm³/mol. The number of fused-ring (bicyclic) bond motifs is 2. The first-order chi connectivity index (χ1) is 14.6. The summed E-state index contributed by atoms with van der Waals surface area (Å²) in [7, 11) is 0. The lowest BCUT2D eigenvalue weighted by Crippen LogP contribution is -2.53. The van der Waals surface area contributed by atoms with Gasteiger partial charge in [0.05, 0.1) is 0 Å². The number of carbonyl (C=O) groups is 2. The Bertz CT molecular complexity index is 949. The molecule has 0 aliphatic carbocycles. The monoisotopic (exact) mass is 440 g/mol. The number of nitrogens with one attached hydrogen (secondary N) is 2. The van der Waals surface area contributed by atoms with E-state index < -0.39 is 0 Å². The zero-order valence-corrected chi connectivity index (χ0v) is 18.4. The van der Waals surface area contributed by atoms with Gasteiger partial charge in [0.1, 0.15) is 6.54 Å². The van der Waals surface area contributed by atoms with Crippen LogP contribution in [0.2, 0.25) is 0 Å². The highest BCUT2D eigenvalue weighted by Gasteiger charge is 2.38. The van der Waals surface area contributed by atoms with Crippen LogP contribution in [0.4, 0.5) is 5.69 Å². The summed E-state index contributed by atoms with van der Waals surface area (Å²) in [6.45, 7) is 3.65. The molecule has 164 valence electrons. The Morgan fingerprint density at radius 2 is 1.52 bits per heavy atom. The van der Waals surface area contributed by atoms with Crippen LogP contribution < -0.4 is 10.6 Å². The van der Waals surface area contributed by atoms with E-state index in [1.54, 1.807) is 4.90 Å². The highest BCUT2D eigenvalue weighted by atomic mass is 35.5. The van der Waals surface area contributed by atoms with E-state index >= 15 is 0 Å². The van der Waals surface area contributed by atoms with Gasteiger partial charge in [0.2, 0.25) is 11.8 Å². The van der Waals surface area contributed by atoms with Crippen molar-refractivity contribution in [1.29, 1.82) is 0 Å². The Balaban J connectivity index is 0.00000231. The lowest BCUT2D eigenvalue weighted by Gasteiger charge is -2.42. The molecule has 3 heterocycles. The van der Waals surface area contributed by atoms with E-state index in [1.165, 1.54) is 11.1 Å². The SMILES string of the molecule is Cl.O=C(CN1Cc2ccccc2NC2(CCNCC2)CC1=O)N1Cc2ccccc2C1. The number of hydrogen-bond acceptors (Lipinski definition) is 4. The summed E-state index contributed by atoms with van der Waals surface area (Å²) in [6, 6.07) is 16.3. The zero-order valence-electron chi connectivity index (χ0n) is 17.6. The molecule has 0 atom stereocenters. The lowest BCUT2D eigenvalue weighted by molar-refractivity contribution is -0.142. The van der Waals surface area contributed by atoms with Crippen LogP contribution >= 0.6 is 12.4 Å². The highest BCUT2D eigenvalue weighted by Crippen LogP contribution is 2.33. The van der Waals surface area contributed by atoms with Crippen LogP contribution in [0.15, 0.2) is 48.5 Å². The minimum Gasteiger partial charge on any atom is -0.379 e. The summed E-state index contributed by atoms with van der Waals surface area (Å²) in [5, 5.41) is 7.10. The van der Waals surface area contributed by atoms with Crippen LogP contribution in [0.5, 0.6) is 0 Å². The number of nitrogens with zero attached hydrogens (tertiary/aromatic N) is 2. The second kappa shape index (κ2) is 8.89. The van der Waals surface area contributed by atoms with Crippen LogP contribution in [-0.2, 0) is 29.2 Å². The second-order valence-electron chi connectivity index (χ2n) is 8.76. The molecule has 3 aliphatic rings. The third-order valence-electron chi connectivity index (χ3n) is 6.70. The number of amides is 2. The molecule has 0 aromatic heterocycles. The van der Waals surface area contributed by atoms with Gasteiger partial charge in [0.25, 0.3) is 0 Å². The van der Waals surface area contributed by atoms with Crippen LogP contribution in [0.25, 0.3) is 0 Å². The molecule has 1 fully saturated rings. The van der Waals surface area contributed by atoms with E-state index in [2.05, 4.69) is 34.9 Å². The summed E-state index contributed by atoms with van der Waals surface area (Å²) in [6.07, 6.45) is 2.23. The van der Waals surface area contributed by atoms with Gasteiger partial charge in [-0.2, -0.15) is 0 Å². The molecule has 2 N–H and O–H groups in total. The van der Waals surface area contributed by atoms with Gasteiger partial charge in [-0.1, -0.05) is 42.5 Å². The number of rotatable bonds is 2. The molecule has 1 spiro atoms. The Labute approximate surface area is 189 Å². The van der Waals surface area contributed by atoms with Crippen molar-refractivity contribution in [2.75, 3.05) is 25.0 Å². The van der Waals surface area contributed by atoms with Crippen molar-refractivity contribution in [3.8, 4) is 0 Å². The molecule has 0 bridgehead atoms. The van der Waals surface area contributed by atoms with E-state index in [4.69, 9.17) is 0 Å². The van der Waals surface area contributed by atoms with E-state index in [9.17, 15) is 9.59 Å². The maximum Gasteiger partial charge on any atom is 0.242 e. The average molecular weight is 441 g/mol. The average Bonchev–Trinajstić information content (AvgIpc) is 3.19. The van der Waals surface area contributed by atoms with Gasteiger partial charge in [-0.3, -0.25) is 9.59 Å². The van der Waals surface area contributed by atoms with Crippen molar-refractivity contribution in [2.45, 2.75) is 44.4 Å². The van der Waals surface area contributed by atoms with E-state index in [1.807, 2.05) is 29.2 Å². The van der Waals surface area contributed by atoms with Gasteiger partial charge in [-0.25, -0.2) is 0 Å². The number of piperidine rings is 1. The largest absolute Gasteiger partial charge is 0.379 e. The Kier molecular flexibility index (Phi) is 6.21. The quantitative estimate of drug-likeness (QED) is 0.753. The first-order valence-corrected chi connectivity index (χ1v) is 10.8. The molecule has 2 aromatic rings. The van der Waals surface area contributed by atoms with E-state index in [0.717, 1.165) is 37.2 Å². The highest BCUT2D eigenvalue weighted by molar-refractivity contribution is 5.86. The fourth-order valence-electron chi connectivity index (χ4n) is 4.93. The Hall–Kier alpha value is -2.57. The zero-order chi connectivity index (χ0) is 20.6. The maximum atomic E-state index is 13.3. The van der Waals surface area contributed by atoms with Crippen molar-refractivity contribution < 1.29 is 9.59 Å². The van der Waals surface area contributed by atoms with Gasteiger partial charge in [-0.05, 0) is 48.7 Å². The summed E-state index contributed by atoms with van der Waals surface area (Å²) < 4.78 is 0. The number of benzene rings is 2. The molecule has 3 aliphatic heterocycles. The van der Waals surface area contributed by atoms with Gasteiger partial charge < -0.3 is 20.4 Å². The molecule has 6 nitrogen and oxygen atoms in total. The molecule has 0 radical (unpaired) electrons. The van der Waals surface area contributed by atoms with Gasteiger partial charge in [0, 0.05) is 37.3 Å². The smallest absolute Gasteiger partial charge is 0.242 e. The van der Waals surface area contributed by atoms with Crippen LogP contribution in [0.3, 0.4) is 0 Å². The maximum absolute atomic E-state index is 13.3. The topological polar surface area (TPSA) is 64.7 Å². The molecule has 5 rings (SSSR count). The lowest BCUT2D eigenvalue weighted by atomic mass is 9.83. The van der Waals surface area contributed by atoms with E-state index in [-0.39, 0.29) is 36.3 Å². The third-order valence-corrected chi connectivity index (χ3v) is 6.70. The number of hydrogen-bond donors (Lipinski definition) is 2. The summed E-state index contributed by atoms with van der Waals surface area (Å²) in [5.41, 5.74) is 4.31. The Morgan fingerprint density at radius 3 is 2.19 bits per heavy atom. The molecular formula is C24H29ClN4O2. The van der Waals surface area contributed by atoms with Crippen LogP contribution in [0, 0.1) is 0 Å². The standard InChI is InChI=1S/C24H28N4O2.ClH/c29-22-13-24(9-11-25-12-10-24)26-21-8-4-3-7-20(21)16-28(22)17-23(30)27-14-18-5-1-2-6-19(18)15-27;/h1-8,25-26H,9-17H2;1H.